The number of sulfonamides is 1. The van der Waals surface area contributed by atoms with Gasteiger partial charge in [0.05, 0.1) is 5.75 Å². The average molecular weight is 277 g/mol. The number of pyridine rings is 1. The van der Waals surface area contributed by atoms with Crippen molar-refractivity contribution in [3.8, 4) is 0 Å². The second kappa shape index (κ2) is 7.63. The lowest BCUT2D eigenvalue weighted by Crippen LogP contribution is -2.28. The highest BCUT2D eigenvalue weighted by Crippen LogP contribution is 2.00. The van der Waals surface area contributed by atoms with Gasteiger partial charge >= 0.3 is 0 Å². The van der Waals surface area contributed by atoms with Crippen LogP contribution in [0, 0.1) is 0 Å². The quantitative estimate of drug-likeness (QED) is 0.579. The molecular formula is C11H17ClN2O2S. The van der Waals surface area contributed by atoms with Crippen LogP contribution in [-0.2, 0) is 16.4 Å². The van der Waals surface area contributed by atoms with Crippen molar-refractivity contribution in [2.45, 2.75) is 19.3 Å². The van der Waals surface area contributed by atoms with Gasteiger partial charge in [-0.2, -0.15) is 0 Å². The highest BCUT2D eigenvalue weighted by molar-refractivity contribution is 7.89. The van der Waals surface area contributed by atoms with Crippen molar-refractivity contribution in [2.24, 2.45) is 0 Å². The van der Waals surface area contributed by atoms with E-state index in [0.29, 0.717) is 18.8 Å². The molecule has 0 aliphatic rings. The normalized spacial score (nSPS) is 11.6. The van der Waals surface area contributed by atoms with Crippen LogP contribution >= 0.6 is 11.6 Å². The number of rotatable bonds is 8. The van der Waals surface area contributed by atoms with Crippen molar-refractivity contribution in [1.29, 1.82) is 0 Å². The monoisotopic (exact) mass is 276 g/mol. The summed E-state index contributed by atoms with van der Waals surface area (Å²) in [6.45, 7) is 0.464. The average Bonchev–Trinajstić information content (AvgIpc) is 2.34. The maximum Gasteiger partial charge on any atom is 0.211 e. The number of hydrogen-bond acceptors (Lipinski definition) is 3. The maximum absolute atomic E-state index is 11.6. The fourth-order valence-electron chi connectivity index (χ4n) is 1.32. The van der Waals surface area contributed by atoms with E-state index in [1.807, 2.05) is 12.1 Å². The third kappa shape index (κ3) is 6.61. The van der Waals surface area contributed by atoms with Crippen molar-refractivity contribution in [1.82, 2.24) is 9.71 Å². The zero-order chi connectivity index (χ0) is 12.6. The topological polar surface area (TPSA) is 59.1 Å². The molecule has 4 nitrogen and oxygen atoms in total. The minimum absolute atomic E-state index is 0.109. The maximum atomic E-state index is 11.6. The van der Waals surface area contributed by atoms with Gasteiger partial charge < -0.3 is 0 Å². The van der Waals surface area contributed by atoms with Gasteiger partial charge in [0, 0.05) is 24.8 Å². The lowest BCUT2D eigenvalue weighted by atomic mass is 10.2. The van der Waals surface area contributed by atoms with Gasteiger partial charge in [-0.1, -0.05) is 0 Å². The Balaban J connectivity index is 2.30. The minimum atomic E-state index is -3.17. The molecule has 17 heavy (non-hydrogen) atoms. The SMILES string of the molecule is O=S(=O)(CCc1ccncc1)NCCCCCl. The number of halogens is 1. The van der Waals surface area contributed by atoms with Crippen molar-refractivity contribution in [3.05, 3.63) is 30.1 Å². The van der Waals surface area contributed by atoms with Crippen LogP contribution in [0.4, 0.5) is 0 Å². The Morgan fingerprint density at radius 2 is 1.94 bits per heavy atom. The second-order valence-corrected chi connectivity index (χ2v) is 6.02. The van der Waals surface area contributed by atoms with E-state index < -0.39 is 10.0 Å². The molecule has 0 aliphatic heterocycles. The van der Waals surface area contributed by atoms with E-state index in [0.717, 1.165) is 18.4 Å². The molecule has 6 heteroatoms. The standard InChI is InChI=1S/C11H17ClN2O2S/c12-6-1-2-7-14-17(15,16)10-5-11-3-8-13-9-4-11/h3-4,8-9,14H,1-2,5-7,10H2. The molecule has 1 N–H and O–H groups in total. The molecule has 0 aliphatic carbocycles. The second-order valence-electron chi connectivity index (χ2n) is 3.71. The van der Waals surface area contributed by atoms with Crippen LogP contribution in [0.5, 0.6) is 0 Å². The molecule has 0 aromatic carbocycles. The molecule has 1 aromatic heterocycles. The summed E-state index contributed by atoms with van der Waals surface area (Å²) in [6.07, 6.45) is 5.44. The first-order valence-electron chi connectivity index (χ1n) is 5.56. The zero-order valence-electron chi connectivity index (χ0n) is 9.60. The van der Waals surface area contributed by atoms with Crippen LogP contribution in [0.1, 0.15) is 18.4 Å². The van der Waals surface area contributed by atoms with Gasteiger partial charge in [-0.15, -0.1) is 11.6 Å². The van der Waals surface area contributed by atoms with Crippen LogP contribution in [-0.4, -0.2) is 31.6 Å². The van der Waals surface area contributed by atoms with E-state index in [-0.39, 0.29) is 5.75 Å². The number of alkyl halides is 1. The molecule has 1 heterocycles. The molecule has 96 valence electrons. The Hall–Kier alpha value is -0.650. The highest BCUT2D eigenvalue weighted by atomic mass is 35.5. The predicted molar refractivity (Wildman–Crippen MR) is 69.7 cm³/mol. The van der Waals surface area contributed by atoms with E-state index in [9.17, 15) is 8.42 Å². The Bertz CT molecular complexity index is 409. The first kappa shape index (κ1) is 14.4. The number of nitrogens with zero attached hydrogens (tertiary/aromatic N) is 1. The molecule has 0 spiro atoms. The smallest absolute Gasteiger partial charge is 0.211 e. The van der Waals surface area contributed by atoms with E-state index >= 15 is 0 Å². The third-order valence-electron chi connectivity index (χ3n) is 2.29. The van der Waals surface area contributed by atoms with Crippen LogP contribution < -0.4 is 4.72 Å². The number of aryl methyl sites for hydroxylation is 1. The van der Waals surface area contributed by atoms with Gasteiger partial charge in [0.15, 0.2) is 0 Å². The summed E-state index contributed by atoms with van der Waals surface area (Å²) in [4.78, 5) is 3.88. The highest BCUT2D eigenvalue weighted by Gasteiger charge is 2.09. The summed E-state index contributed by atoms with van der Waals surface area (Å²) in [5.41, 5.74) is 0.978. The van der Waals surface area contributed by atoms with E-state index in [2.05, 4.69) is 9.71 Å². The fraction of sp³-hybridized carbons (Fsp3) is 0.545. The van der Waals surface area contributed by atoms with Crippen molar-refractivity contribution >= 4 is 21.6 Å². The van der Waals surface area contributed by atoms with Crippen LogP contribution in [0.15, 0.2) is 24.5 Å². The van der Waals surface area contributed by atoms with E-state index in [1.54, 1.807) is 12.4 Å². The van der Waals surface area contributed by atoms with Gasteiger partial charge in [0.25, 0.3) is 0 Å². The minimum Gasteiger partial charge on any atom is -0.265 e. The third-order valence-corrected chi connectivity index (χ3v) is 3.94. The Morgan fingerprint density at radius 1 is 1.24 bits per heavy atom. The van der Waals surface area contributed by atoms with Gasteiger partial charge in [-0.05, 0) is 37.0 Å². The molecule has 0 saturated heterocycles. The summed E-state index contributed by atoms with van der Waals surface area (Å²) < 4.78 is 25.8. The van der Waals surface area contributed by atoms with E-state index in [4.69, 9.17) is 11.6 Å². The molecule has 0 atom stereocenters. The summed E-state index contributed by atoms with van der Waals surface area (Å²) in [5.74, 6) is 0.677. The van der Waals surface area contributed by atoms with Gasteiger partial charge in [0.1, 0.15) is 0 Å². The number of nitrogens with one attached hydrogen (secondary N) is 1. The molecule has 0 radical (unpaired) electrons. The molecule has 0 amide bonds. The lowest BCUT2D eigenvalue weighted by molar-refractivity contribution is 0.577. The fourth-order valence-corrected chi connectivity index (χ4v) is 2.61. The number of hydrogen-bond donors (Lipinski definition) is 1. The molecule has 1 aromatic rings. The summed E-state index contributed by atoms with van der Waals surface area (Å²) >= 11 is 5.51. The van der Waals surface area contributed by atoms with Crippen LogP contribution in [0.25, 0.3) is 0 Å². The van der Waals surface area contributed by atoms with Crippen LogP contribution in [0.3, 0.4) is 0 Å². The van der Waals surface area contributed by atoms with Gasteiger partial charge in [-0.25, -0.2) is 13.1 Å². The summed E-state index contributed by atoms with van der Waals surface area (Å²) in [7, 11) is -3.17. The largest absolute Gasteiger partial charge is 0.265 e. The van der Waals surface area contributed by atoms with Gasteiger partial charge in [0.2, 0.25) is 10.0 Å². The van der Waals surface area contributed by atoms with E-state index in [1.165, 1.54) is 0 Å². The Morgan fingerprint density at radius 3 is 2.59 bits per heavy atom. The molecule has 0 saturated carbocycles. The van der Waals surface area contributed by atoms with Crippen LogP contribution in [0.2, 0.25) is 0 Å². The number of unbranched alkanes of at least 4 members (excludes halogenated alkanes) is 1. The van der Waals surface area contributed by atoms with Crippen molar-refractivity contribution in [3.63, 3.8) is 0 Å². The van der Waals surface area contributed by atoms with Gasteiger partial charge in [-0.3, -0.25) is 4.98 Å². The molecule has 0 unspecified atom stereocenters. The lowest BCUT2D eigenvalue weighted by Gasteiger charge is -2.06. The Labute approximate surface area is 107 Å². The van der Waals surface area contributed by atoms with Crippen molar-refractivity contribution in [2.75, 3.05) is 18.2 Å². The Kier molecular flexibility index (Phi) is 6.47. The summed E-state index contributed by atoms with van der Waals surface area (Å²) in [6, 6.07) is 3.64. The molecule has 0 bridgehead atoms. The first-order chi connectivity index (χ1) is 8.14. The van der Waals surface area contributed by atoms with Crippen molar-refractivity contribution < 1.29 is 8.42 Å². The molecule has 1 rings (SSSR count). The first-order valence-corrected chi connectivity index (χ1v) is 7.75. The zero-order valence-corrected chi connectivity index (χ0v) is 11.2. The predicted octanol–water partition coefficient (Wildman–Crippen LogP) is 1.56. The number of aromatic nitrogens is 1. The molecular weight excluding hydrogens is 260 g/mol. The molecule has 0 fully saturated rings. The summed E-state index contributed by atoms with van der Waals surface area (Å²) in [5, 5.41) is 0.